The normalized spacial score (nSPS) is 13.5. The molecule has 1 aliphatic rings. The molecule has 0 atom stereocenters. The SMILES string of the molecule is C1COCCO1.Nc1ccc(Nc2c(N)c(N)cc3c4ccccc4c4ccccc4c23)cc1. The highest BCUT2D eigenvalue weighted by molar-refractivity contribution is 6.30. The monoisotopic (exact) mass is 452 g/mol. The molecular formula is C28H28N4O2. The summed E-state index contributed by atoms with van der Waals surface area (Å²) in [5.74, 6) is 0. The molecule has 0 spiro atoms. The van der Waals surface area contributed by atoms with E-state index in [0.29, 0.717) is 17.1 Å². The third-order valence-electron chi connectivity index (χ3n) is 6.03. The van der Waals surface area contributed by atoms with Gasteiger partial charge in [0.25, 0.3) is 0 Å². The minimum Gasteiger partial charge on any atom is -0.399 e. The first-order valence-corrected chi connectivity index (χ1v) is 11.3. The number of rotatable bonds is 2. The van der Waals surface area contributed by atoms with Crippen LogP contribution in [0.15, 0.2) is 78.9 Å². The smallest absolute Gasteiger partial charge is 0.0793 e. The quantitative estimate of drug-likeness (QED) is 0.203. The molecule has 0 unspecified atom stereocenters. The number of benzene rings is 5. The van der Waals surface area contributed by atoms with Crippen molar-refractivity contribution in [3.63, 3.8) is 0 Å². The fraction of sp³-hybridized carbons (Fsp3) is 0.143. The van der Waals surface area contributed by atoms with Gasteiger partial charge < -0.3 is 32.0 Å². The molecule has 5 aromatic carbocycles. The van der Waals surface area contributed by atoms with Crippen LogP contribution >= 0.6 is 0 Å². The number of anilines is 5. The molecule has 172 valence electrons. The first kappa shape index (κ1) is 21.8. The number of nitrogens with one attached hydrogen (secondary N) is 1. The second-order valence-electron chi connectivity index (χ2n) is 8.24. The highest BCUT2D eigenvalue weighted by Gasteiger charge is 2.16. The predicted molar refractivity (Wildman–Crippen MR) is 144 cm³/mol. The van der Waals surface area contributed by atoms with Crippen LogP contribution in [0, 0.1) is 0 Å². The molecule has 1 heterocycles. The Bertz CT molecular complexity index is 1450. The van der Waals surface area contributed by atoms with Crippen molar-refractivity contribution in [2.24, 2.45) is 0 Å². The van der Waals surface area contributed by atoms with Crippen LogP contribution in [0.4, 0.5) is 28.4 Å². The van der Waals surface area contributed by atoms with Crippen molar-refractivity contribution >= 4 is 60.8 Å². The molecule has 1 aliphatic heterocycles. The lowest BCUT2D eigenvalue weighted by molar-refractivity contribution is -0.0334. The van der Waals surface area contributed by atoms with Crippen LogP contribution in [-0.2, 0) is 9.47 Å². The lowest BCUT2D eigenvalue weighted by atomic mass is 9.92. The largest absolute Gasteiger partial charge is 0.399 e. The Kier molecular flexibility index (Phi) is 6.08. The molecule has 0 radical (unpaired) electrons. The van der Waals surface area contributed by atoms with Gasteiger partial charge in [0.05, 0.1) is 43.5 Å². The van der Waals surface area contributed by atoms with E-state index in [1.54, 1.807) is 0 Å². The zero-order chi connectivity index (χ0) is 23.5. The van der Waals surface area contributed by atoms with E-state index in [0.717, 1.165) is 59.3 Å². The molecule has 6 rings (SSSR count). The Hall–Kier alpha value is -4.00. The minimum absolute atomic E-state index is 0.546. The second-order valence-corrected chi connectivity index (χ2v) is 8.24. The maximum absolute atomic E-state index is 6.45. The van der Waals surface area contributed by atoms with Crippen LogP contribution in [0.2, 0.25) is 0 Å². The molecule has 0 saturated carbocycles. The van der Waals surface area contributed by atoms with Crippen LogP contribution in [0.3, 0.4) is 0 Å². The number of hydrogen-bond donors (Lipinski definition) is 4. The Morgan fingerprint density at radius 2 is 1.09 bits per heavy atom. The standard InChI is InChI=1S/C24H20N4.C4H8O2/c25-14-9-11-15(12-10-14)28-24-22-19-8-4-3-6-17(19)16-5-1-2-7-18(16)20(22)13-21(26)23(24)27;1-2-6-4-3-5-1/h1-13,28H,25-27H2;1-4H2. The molecular weight excluding hydrogens is 424 g/mol. The van der Waals surface area contributed by atoms with Crippen LogP contribution in [0.25, 0.3) is 32.3 Å². The van der Waals surface area contributed by atoms with Crippen LogP contribution in [0.5, 0.6) is 0 Å². The van der Waals surface area contributed by atoms with Gasteiger partial charge in [-0.05, 0) is 57.3 Å². The average Bonchev–Trinajstić information content (AvgIpc) is 2.89. The molecule has 0 bridgehead atoms. The van der Waals surface area contributed by atoms with Crippen molar-refractivity contribution in [3.05, 3.63) is 78.9 Å². The third kappa shape index (κ3) is 4.17. The van der Waals surface area contributed by atoms with E-state index in [1.165, 1.54) is 10.8 Å². The Balaban J connectivity index is 0.000000351. The van der Waals surface area contributed by atoms with Crippen molar-refractivity contribution in [1.82, 2.24) is 0 Å². The van der Waals surface area contributed by atoms with Gasteiger partial charge in [-0.3, -0.25) is 0 Å². The molecule has 1 fully saturated rings. The van der Waals surface area contributed by atoms with Crippen molar-refractivity contribution in [3.8, 4) is 0 Å². The highest BCUT2D eigenvalue weighted by Crippen LogP contribution is 2.44. The number of fused-ring (bicyclic) bond motifs is 6. The van der Waals surface area contributed by atoms with Crippen LogP contribution < -0.4 is 22.5 Å². The summed E-state index contributed by atoms with van der Waals surface area (Å²) in [6.45, 7) is 3.11. The number of nitrogens with two attached hydrogens (primary N) is 3. The molecule has 6 nitrogen and oxygen atoms in total. The van der Waals surface area contributed by atoms with E-state index >= 15 is 0 Å². The highest BCUT2D eigenvalue weighted by atomic mass is 16.6. The van der Waals surface area contributed by atoms with E-state index in [1.807, 2.05) is 30.3 Å². The van der Waals surface area contributed by atoms with Crippen molar-refractivity contribution in [2.75, 3.05) is 48.9 Å². The Morgan fingerprint density at radius 3 is 1.65 bits per heavy atom. The molecule has 7 N–H and O–H groups in total. The first-order chi connectivity index (χ1) is 16.6. The summed E-state index contributed by atoms with van der Waals surface area (Å²) in [4.78, 5) is 0. The number of nitrogen functional groups attached to an aromatic ring is 3. The molecule has 0 aliphatic carbocycles. The molecule has 0 aromatic heterocycles. The van der Waals surface area contributed by atoms with Crippen LogP contribution in [0.1, 0.15) is 0 Å². The fourth-order valence-electron chi connectivity index (χ4n) is 4.38. The van der Waals surface area contributed by atoms with Gasteiger partial charge in [-0.2, -0.15) is 0 Å². The van der Waals surface area contributed by atoms with Gasteiger partial charge in [-0.15, -0.1) is 0 Å². The van der Waals surface area contributed by atoms with Gasteiger partial charge in [0.15, 0.2) is 0 Å². The summed E-state index contributed by atoms with van der Waals surface area (Å²) in [7, 11) is 0. The summed E-state index contributed by atoms with van der Waals surface area (Å²) in [6, 6.07) is 26.4. The van der Waals surface area contributed by atoms with Crippen molar-refractivity contribution in [1.29, 1.82) is 0 Å². The fourth-order valence-corrected chi connectivity index (χ4v) is 4.38. The van der Waals surface area contributed by atoms with Gasteiger partial charge in [-0.25, -0.2) is 0 Å². The lowest BCUT2D eigenvalue weighted by Crippen LogP contribution is -2.16. The summed E-state index contributed by atoms with van der Waals surface area (Å²) in [5.41, 5.74) is 22.1. The summed E-state index contributed by atoms with van der Waals surface area (Å²) in [6.07, 6.45) is 0. The molecule has 6 heteroatoms. The molecule has 0 amide bonds. The maximum atomic E-state index is 6.45. The number of hydrogen-bond acceptors (Lipinski definition) is 6. The third-order valence-corrected chi connectivity index (χ3v) is 6.03. The van der Waals surface area contributed by atoms with E-state index in [9.17, 15) is 0 Å². The molecule has 5 aromatic rings. The van der Waals surface area contributed by atoms with Crippen molar-refractivity contribution < 1.29 is 9.47 Å². The van der Waals surface area contributed by atoms with Gasteiger partial charge in [0.2, 0.25) is 0 Å². The minimum atomic E-state index is 0.546. The van der Waals surface area contributed by atoms with Gasteiger partial charge in [0.1, 0.15) is 0 Å². The zero-order valence-electron chi connectivity index (χ0n) is 18.9. The van der Waals surface area contributed by atoms with E-state index in [4.69, 9.17) is 26.7 Å². The topological polar surface area (TPSA) is 109 Å². The maximum Gasteiger partial charge on any atom is 0.0793 e. The van der Waals surface area contributed by atoms with E-state index < -0.39 is 0 Å². The van der Waals surface area contributed by atoms with E-state index in [2.05, 4.69) is 53.8 Å². The predicted octanol–water partition coefficient (Wildman–Crippen LogP) is 5.67. The van der Waals surface area contributed by atoms with Gasteiger partial charge >= 0.3 is 0 Å². The molecule has 1 saturated heterocycles. The molecule has 34 heavy (non-hydrogen) atoms. The average molecular weight is 453 g/mol. The van der Waals surface area contributed by atoms with Gasteiger partial charge in [-0.1, -0.05) is 48.5 Å². The second kappa shape index (κ2) is 9.47. The summed E-state index contributed by atoms with van der Waals surface area (Å²) >= 11 is 0. The Labute approximate surface area is 198 Å². The van der Waals surface area contributed by atoms with Gasteiger partial charge in [0, 0.05) is 16.8 Å². The summed E-state index contributed by atoms with van der Waals surface area (Å²) < 4.78 is 9.89. The van der Waals surface area contributed by atoms with Crippen molar-refractivity contribution in [2.45, 2.75) is 0 Å². The number of ether oxygens (including phenoxy) is 2. The zero-order valence-corrected chi connectivity index (χ0v) is 18.9. The first-order valence-electron chi connectivity index (χ1n) is 11.3. The lowest BCUT2D eigenvalue weighted by Gasteiger charge is -2.19. The Morgan fingerprint density at radius 1 is 0.588 bits per heavy atom. The van der Waals surface area contributed by atoms with E-state index in [-0.39, 0.29) is 0 Å². The van der Waals surface area contributed by atoms with Crippen LogP contribution in [-0.4, -0.2) is 26.4 Å². The summed E-state index contributed by atoms with van der Waals surface area (Å²) in [5, 5.41) is 10.3.